The molecule has 0 saturated carbocycles. The maximum atomic E-state index is 13.1. The Balaban J connectivity index is 5.22. The van der Waals surface area contributed by atoms with Crippen LogP contribution in [0.1, 0.15) is 408 Å². The molecule has 0 aliphatic heterocycles. The number of hydrogen-bond acceptors (Lipinski definition) is 15. The second-order valence-electron chi connectivity index (χ2n) is 28.6. The summed E-state index contributed by atoms with van der Waals surface area (Å²) in [6.45, 7) is 9.67. The zero-order valence-electron chi connectivity index (χ0n) is 63.4. The number of aliphatic hydroxyl groups excluding tert-OH is 1. The van der Waals surface area contributed by atoms with Crippen LogP contribution in [0.3, 0.4) is 0 Å². The van der Waals surface area contributed by atoms with Crippen LogP contribution >= 0.6 is 15.6 Å². The van der Waals surface area contributed by atoms with Gasteiger partial charge in [-0.3, -0.25) is 37.3 Å². The van der Waals surface area contributed by atoms with E-state index in [1.165, 1.54) is 218 Å². The van der Waals surface area contributed by atoms with Crippen LogP contribution < -0.4 is 0 Å². The Morgan fingerprint density at radius 3 is 0.732 bits per heavy atom. The van der Waals surface area contributed by atoms with E-state index in [1.807, 2.05) is 0 Å². The number of rotatable bonds is 77. The summed E-state index contributed by atoms with van der Waals surface area (Å²) in [5.74, 6) is -0.465. The Bertz CT molecular complexity index is 1880. The lowest BCUT2D eigenvalue weighted by atomic mass is 9.99. The molecule has 0 aliphatic carbocycles. The molecule has 0 saturated heterocycles. The summed E-state index contributed by atoms with van der Waals surface area (Å²) in [5.41, 5.74) is 0. The number of phosphoric ester groups is 2. The minimum Gasteiger partial charge on any atom is -0.462 e. The van der Waals surface area contributed by atoms with Crippen LogP contribution in [-0.4, -0.2) is 96.7 Å². The van der Waals surface area contributed by atoms with Crippen molar-refractivity contribution in [3.8, 4) is 0 Å². The Morgan fingerprint density at radius 2 is 0.495 bits per heavy atom. The second kappa shape index (κ2) is 69.8. The molecule has 0 aromatic heterocycles. The zero-order chi connectivity index (χ0) is 71.4. The monoisotopic (exact) mass is 1420 g/mol. The van der Waals surface area contributed by atoms with E-state index in [2.05, 4.69) is 41.5 Å². The summed E-state index contributed by atoms with van der Waals surface area (Å²) in [4.78, 5) is 72.8. The molecule has 7 atom stereocenters. The lowest BCUT2D eigenvalue weighted by Crippen LogP contribution is -2.30. The Labute approximate surface area is 594 Å². The van der Waals surface area contributed by atoms with E-state index in [1.54, 1.807) is 0 Å². The van der Waals surface area contributed by atoms with Crippen molar-refractivity contribution in [2.45, 2.75) is 426 Å². The molecule has 0 radical (unpaired) electrons. The van der Waals surface area contributed by atoms with E-state index in [0.717, 1.165) is 108 Å². The third-order valence-corrected chi connectivity index (χ3v) is 20.8. The molecule has 0 fully saturated rings. The third kappa shape index (κ3) is 69.5. The van der Waals surface area contributed by atoms with E-state index in [9.17, 15) is 43.2 Å². The maximum absolute atomic E-state index is 13.1. The Hall–Kier alpha value is -1.94. The van der Waals surface area contributed by atoms with Gasteiger partial charge in [0.2, 0.25) is 0 Å². The van der Waals surface area contributed by atoms with E-state index < -0.39 is 97.5 Å². The van der Waals surface area contributed by atoms with Gasteiger partial charge in [-0.05, 0) is 37.5 Å². The largest absolute Gasteiger partial charge is 0.472 e. The van der Waals surface area contributed by atoms with E-state index in [-0.39, 0.29) is 25.7 Å². The molecule has 4 unspecified atom stereocenters. The summed E-state index contributed by atoms with van der Waals surface area (Å²) in [6, 6.07) is 0. The lowest BCUT2D eigenvalue weighted by Gasteiger charge is -2.21. The molecule has 19 heteroatoms. The molecule has 576 valence electrons. The average molecular weight is 1420 g/mol. The number of esters is 4. The van der Waals surface area contributed by atoms with Gasteiger partial charge in [0, 0.05) is 25.7 Å². The molecule has 17 nitrogen and oxygen atoms in total. The number of aliphatic hydroxyl groups is 1. The van der Waals surface area contributed by atoms with Crippen LogP contribution in [0.5, 0.6) is 0 Å². The highest BCUT2D eigenvalue weighted by Gasteiger charge is 2.30. The molecule has 97 heavy (non-hydrogen) atoms. The van der Waals surface area contributed by atoms with Gasteiger partial charge in [-0.2, -0.15) is 0 Å². The molecule has 0 spiro atoms. The van der Waals surface area contributed by atoms with Crippen LogP contribution in [0.2, 0.25) is 0 Å². The fraction of sp³-hybridized carbons (Fsp3) is 0.949. The summed E-state index contributed by atoms with van der Waals surface area (Å²) >= 11 is 0. The van der Waals surface area contributed by atoms with Crippen molar-refractivity contribution in [1.82, 2.24) is 0 Å². The van der Waals surface area contributed by atoms with Crippen molar-refractivity contribution in [1.29, 1.82) is 0 Å². The van der Waals surface area contributed by atoms with Gasteiger partial charge in [0.15, 0.2) is 12.2 Å². The molecule has 3 N–H and O–H groups in total. The third-order valence-electron chi connectivity index (χ3n) is 18.9. The first-order valence-corrected chi connectivity index (χ1v) is 43.6. The molecule has 0 aliphatic rings. The average Bonchev–Trinajstić information content (AvgIpc) is 1.53. The van der Waals surface area contributed by atoms with E-state index in [0.29, 0.717) is 25.7 Å². The van der Waals surface area contributed by atoms with Crippen LogP contribution in [0.25, 0.3) is 0 Å². The second-order valence-corrected chi connectivity index (χ2v) is 31.5. The van der Waals surface area contributed by atoms with Gasteiger partial charge in [0.1, 0.15) is 19.3 Å². The number of carbonyl (C=O) groups excluding carboxylic acids is 4. The molecule has 0 aromatic rings. The minimum absolute atomic E-state index is 0.106. The molecule has 0 bridgehead atoms. The Morgan fingerprint density at radius 1 is 0.289 bits per heavy atom. The SMILES string of the molecule is CCCCCCCCCCCCCCCCCCCC(=O)OC[C@H](COP(=O)(O)OC[C@@H](O)COP(=O)(O)OC[C@@H](COC(=O)CCCCCCCCCC)OC(=O)CCCCCCCCCCCCC(C)CC)OC(=O)CCCCCCCCCCCCCCCCC(C)CC. The molecular formula is C78H152O17P2. The highest BCUT2D eigenvalue weighted by atomic mass is 31.2. The number of hydrogen-bond donors (Lipinski definition) is 3. The molecule has 0 heterocycles. The Kier molecular flexibility index (Phi) is 68.4. The zero-order valence-corrected chi connectivity index (χ0v) is 65.2. The topological polar surface area (TPSA) is 237 Å². The van der Waals surface area contributed by atoms with Crippen molar-refractivity contribution in [2.75, 3.05) is 39.6 Å². The van der Waals surface area contributed by atoms with E-state index >= 15 is 0 Å². The van der Waals surface area contributed by atoms with Crippen molar-refractivity contribution >= 4 is 39.5 Å². The highest BCUT2D eigenvalue weighted by Crippen LogP contribution is 2.45. The molecular weight excluding hydrogens is 1270 g/mol. The number of phosphoric acid groups is 2. The van der Waals surface area contributed by atoms with Gasteiger partial charge in [0.25, 0.3) is 0 Å². The van der Waals surface area contributed by atoms with Crippen LogP contribution in [-0.2, 0) is 65.4 Å². The maximum Gasteiger partial charge on any atom is 0.472 e. The summed E-state index contributed by atoms with van der Waals surface area (Å²) in [7, 11) is -9.91. The smallest absolute Gasteiger partial charge is 0.462 e. The minimum atomic E-state index is -4.96. The van der Waals surface area contributed by atoms with Gasteiger partial charge in [-0.1, -0.05) is 356 Å². The van der Waals surface area contributed by atoms with Gasteiger partial charge in [0.05, 0.1) is 26.4 Å². The van der Waals surface area contributed by atoms with Crippen molar-refractivity contribution in [3.05, 3.63) is 0 Å². The first-order chi connectivity index (χ1) is 46.9. The standard InChI is InChI=1S/C78H152O17P2/c1-7-11-13-15-17-19-20-21-22-23-24-28-31-37-43-49-55-61-76(81)89-67-74(95-77(82)62-56-50-44-38-32-29-26-25-27-30-35-40-46-52-58-70(5)9-3)69-93-97(86,87)91-65-72(79)64-90-96(84,85)92-68-73(66-88-75(80)60-54-48-42-18-16-14-12-8-2)94-78(83)63-57-51-45-39-34-33-36-41-47-53-59-71(6)10-4/h70-74,79H,7-69H2,1-6H3,(H,84,85)(H,86,87)/t70?,71?,72-,73+,74+/m0/s1. The number of unbranched alkanes of at least 4 members (excludes halogenated alkanes) is 45. The van der Waals surface area contributed by atoms with Crippen molar-refractivity contribution in [2.24, 2.45) is 11.8 Å². The fourth-order valence-corrected chi connectivity index (χ4v) is 13.5. The number of ether oxygens (including phenoxy) is 4. The van der Waals surface area contributed by atoms with E-state index in [4.69, 9.17) is 37.0 Å². The van der Waals surface area contributed by atoms with Gasteiger partial charge >= 0.3 is 39.5 Å². The van der Waals surface area contributed by atoms with Gasteiger partial charge in [-0.15, -0.1) is 0 Å². The van der Waals surface area contributed by atoms with Crippen LogP contribution in [0.15, 0.2) is 0 Å². The predicted molar refractivity (Wildman–Crippen MR) is 395 cm³/mol. The van der Waals surface area contributed by atoms with Gasteiger partial charge in [-0.25, -0.2) is 9.13 Å². The van der Waals surface area contributed by atoms with Crippen LogP contribution in [0, 0.1) is 11.8 Å². The molecule has 0 aromatic carbocycles. The van der Waals surface area contributed by atoms with Crippen molar-refractivity contribution in [3.63, 3.8) is 0 Å². The predicted octanol–water partition coefficient (Wildman–Crippen LogP) is 23.1. The van der Waals surface area contributed by atoms with Gasteiger partial charge < -0.3 is 33.8 Å². The number of carbonyl (C=O) groups is 4. The quantitative estimate of drug-likeness (QED) is 0.0222. The molecule has 0 rings (SSSR count). The van der Waals surface area contributed by atoms with Crippen LogP contribution in [0.4, 0.5) is 0 Å². The fourth-order valence-electron chi connectivity index (χ4n) is 11.9. The van der Waals surface area contributed by atoms with Crippen molar-refractivity contribution < 1.29 is 80.2 Å². The first-order valence-electron chi connectivity index (χ1n) is 40.6. The summed E-state index contributed by atoms with van der Waals surface area (Å²) in [6.07, 6.45) is 58.2. The highest BCUT2D eigenvalue weighted by molar-refractivity contribution is 7.47. The summed E-state index contributed by atoms with van der Waals surface area (Å²) < 4.78 is 68.6. The molecule has 0 amide bonds. The lowest BCUT2D eigenvalue weighted by molar-refractivity contribution is -0.161. The summed E-state index contributed by atoms with van der Waals surface area (Å²) in [5, 5.41) is 10.6. The normalized spacial score (nSPS) is 14.5. The first kappa shape index (κ1) is 95.1.